The molecule has 0 aliphatic carbocycles. The summed E-state index contributed by atoms with van der Waals surface area (Å²) in [4.78, 5) is 28.7. The van der Waals surface area contributed by atoms with Gasteiger partial charge in [-0.25, -0.2) is 9.18 Å². The molecule has 238 valence electrons. The van der Waals surface area contributed by atoms with Gasteiger partial charge in [0.15, 0.2) is 0 Å². The van der Waals surface area contributed by atoms with Crippen LogP contribution in [0.2, 0.25) is 0 Å². The molecule has 6 nitrogen and oxygen atoms in total. The predicted octanol–water partition coefficient (Wildman–Crippen LogP) is 6.91. The second-order valence-corrected chi connectivity index (χ2v) is 11.7. The van der Waals surface area contributed by atoms with E-state index in [2.05, 4.69) is 5.32 Å². The van der Waals surface area contributed by atoms with Gasteiger partial charge in [-0.1, -0.05) is 6.07 Å². The van der Waals surface area contributed by atoms with Crippen molar-refractivity contribution in [1.29, 1.82) is 0 Å². The van der Waals surface area contributed by atoms with E-state index in [0.717, 1.165) is 4.90 Å². The van der Waals surface area contributed by atoms with Crippen molar-refractivity contribution in [2.24, 2.45) is 5.73 Å². The topological polar surface area (TPSA) is 78.7 Å². The number of amides is 3. The summed E-state index contributed by atoms with van der Waals surface area (Å²) in [6, 6.07) is 3.01. The largest absolute Gasteiger partial charge is 0.416 e. The van der Waals surface area contributed by atoms with Crippen molar-refractivity contribution in [3.05, 3.63) is 70.0 Å². The monoisotopic (exact) mass is 638 g/mol. The quantitative estimate of drug-likeness (QED) is 0.357. The molecule has 2 heterocycles. The highest BCUT2D eigenvalue weighted by atomic mass is 35.5. The van der Waals surface area contributed by atoms with Crippen LogP contribution in [0.1, 0.15) is 79.4 Å². The number of hydrogen-bond donors (Lipinski definition) is 2. The van der Waals surface area contributed by atoms with Gasteiger partial charge < -0.3 is 15.5 Å². The van der Waals surface area contributed by atoms with Crippen LogP contribution < -0.4 is 11.1 Å². The second-order valence-electron chi connectivity index (χ2n) is 11.7. The highest BCUT2D eigenvalue weighted by Gasteiger charge is 2.52. The number of piperidine rings is 1. The van der Waals surface area contributed by atoms with E-state index in [1.165, 1.54) is 31.0 Å². The number of carbonyl (C=O) groups is 2. The molecular weight excluding hydrogens is 605 g/mol. The molecule has 4 atom stereocenters. The summed E-state index contributed by atoms with van der Waals surface area (Å²) in [5.41, 5.74) is 2.04. The molecule has 2 fully saturated rings. The van der Waals surface area contributed by atoms with E-state index in [-0.39, 0.29) is 30.6 Å². The van der Waals surface area contributed by atoms with Crippen LogP contribution in [0.25, 0.3) is 0 Å². The molecular formula is C29H34ClF7N4O2. The lowest BCUT2D eigenvalue weighted by molar-refractivity contribution is -0.143. The lowest BCUT2D eigenvalue weighted by Crippen LogP contribution is -2.60. The molecule has 2 saturated heterocycles. The van der Waals surface area contributed by atoms with Crippen LogP contribution in [-0.4, -0.2) is 46.4 Å². The van der Waals surface area contributed by atoms with Crippen molar-refractivity contribution < 1.29 is 40.3 Å². The maximum atomic E-state index is 14.0. The fraction of sp³-hybridized carbons (Fsp3) is 0.517. The average Bonchev–Trinajstić information content (AvgIpc) is 3.23. The number of urea groups is 1. The summed E-state index contributed by atoms with van der Waals surface area (Å²) in [6.07, 6.45) is -8.25. The number of nitrogens with one attached hydrogen (secondary N) is 1. The molecule has 3 N–H and O–H groups in total. The maximum absolute atomic E-state index is 14.0. The second kappa shape index (κ2) is 11.8. The standard InChI is InChI=1S/C29H33F7N4O2.ClH/c1-16-11-21(30)5-6-22(16)23-15-27(8-7-26(3,38-27)24(37)41)9-10-40(23)25(42)39(4)17(2)18-12-19(28(31,32)33)14-20(13-18)29(34,35)36;/h5-6,11-14,17,23,38H,7-10,15H2,1-4H3,(H2,37,41);1H/t17-,23-,26-,27+;/m1./s1. The summed E-state index contributed by atoms with van der Waals surface area (Å²) in [5, 5.41) is 3.38. The molecule has 0 saturated carbocycles. The number of primary amides is 1. The molecule has 2 aromatic carbocycles. The van der Waals surface area contributed by atoms with Gasteiger partial charge in [0.1, 0.15) is 5.82 Å². The van der Waals surface area contributed by atoms with Gasteiger partial charge in [-0.2, -0.15) is 26.3 Å². The highest BCUT2D eigenvalue weighted by molar-refractivity contribution is 5.85. The Morgan fingerprint density at radius 1 is 1.02 bits per heavy atom. The summed E-state index contributed by atoms with van der Waals surface area (Å²) in [6.45, 7) is 4.91. The van der Waals surface area contributed by atoms with Crippen LogP contribution in [0.15, 0.2) is 36.4 Å². The third kappa shape index (κ3) is 6.87. The average molecular weight is 639 g/mol. The molecule has 0 bridgehead atoms. The minimum atomic E-state index is -5.03. The maximum Gasteiger partial charge on any atom is 0.416 e. The molecule has 2 aromatic rings. The summed E-state index contributed by atoms with van der Waals surface area (Å²) in [7, 11) is 1.32. The van der Waals surface area contributed by atoms with E-state index < -0.39 is 64.4 Å². The number of rotatable bonds is 4. The first-order valence-electron chi connectivity index (χ1n) is 13.4. The lowest BCUT2D eigenvalue weighted by Gasteiger charge is -2.48. The van der Waals surface area contributed by atoms with Crippen LogP contribution >= 0.6 is 12.4 Å². The number of aryl methyl sites for hydroxylation is 1. The van der Waals surface area contributed by atoms with E-state index in [4.69, 9.17) is 5.73 Å². The molecule has 43 heavy (non-hydrogen) atoms. The number of benzene rings is 2. The van der Waals surface area contributed by atoms with Crippen LogP contribution in [0.4, 0.5) is 35.5 Å². The number of hydrogen-bond acceptors (Lipinski definition) is 3. The van der Waals surface area contributed by atoms with Gasteiger partial charge in [-0.3, -0.25) is 10.1 Å². The SMILES string of the molecule is Cc1cc(F)ccc1[C@H]1C[C@@]2(CCN1C(=O)N(C)[C@H](C)c1cc(C(F)(F)F)cc(C(F)(F)F)c1)CC[C@](C)(C(N)=O)N2.Cl. The van der Waals surface area contributed by atoms with E-state index in [1.807, 2.05) is 0 Å². The Hall–Kier alpha value is -3.06. The van der Waals surface area contributed by atoms with E-state index in [1.54, 1.807) is 19.9 Å². The van der Waals surface area contributed by atoms with Crippen molar-refractivity contribution in [2.45, 2.75) is 82.0 Å². The van der Waals surface area contributed by atoms with Crippen molar-refractivity contribution in [3.63, 3.8) is 0 Å². The van der Waals surface area contributed by atoms with Gasteiger partial charge in [0.2, 0.25) is 5.91 Å². The molecule has 0 unspecified atom stereocenters. The fourth-order valence-corrected chi connectivity index (χ4v) is 6.13. The molecule has 14 heteroatoms. The number of nitrogens with zero attached hydrogens (tertiary/aromatic N) is 2. The normalized spacial score (nSPS) is 24.9. The Bertz CT molecular complexity index is 1350. The first-order valence-corrected chi connectivity index (χ1v) is 13.4. The fourth-order valence-electron chi connectivity index (χ4n) is 6.13. The molecule has 0 radical (unpaired) electrons. The van der Waals surface area contributed by atoms with Crippen LogP contribution in [-0.2, 0) is 17.1 Å². The van der Waals surface area contributed by atoms with Gasteiger partial charge >= 0.3 is 18.4 Å². The van der Waals surface area contributed by atoms with Crippen molar-refractivity contribution in [1.82, 2.24) is 15.1 Å². The first kappa shape index (κ1) is 34.4. The number of alkyl halides is 6. The van der Waals surface area contributed by atoms with Gasteiger partial charge in [-0.05, 0) is 93.5 Å². The minimum absolute atomic E-state index is 0. The minimum Gasteiger partial charge on any atom is -0.368 e. The Kier molecular flexibility index (Phi) is 9.44. The van der Waals surface area contributed by atoms with Crippen LogP contribution in [0.5, 0.6) is 0 Å². The molecule has 2 aliphatic rings. The third-order valence-electron chi connectivity index (χ3n) is 8.79. The Morgan fingerprint density at radius 2 is 1.60 bits per heavy atom. The predicted molar refractivity (Wildman–Crippen MR) is 148 cm³/mol. The Labute approximate surface area is 251 Å². The Balaban J connectivity index is 0.00000506. The molecule has 0 aromatic heterocycles. The molecule has 1 spiro atoms. The lowest BCUT2D eigenvalue weighted by atomic mass is 9.79. The van der Waals surface area contributed by atoms with Crippen LogP contribution in [0, 0.1) is 12.7 Å². The number of likely N-dealkylation sites (tertiary alicyclic amines) is 1. The summed E-state index contributed by atoms with van der Waals surface area (Å²) >= 11 is 0. The molecule has 3 amide bonds. The molecule has 2 aliphatic heterocycles. The summed E-state index contributed by atoms with van der Waals surface area (Å²) < 4.78 is 94.9. The van der Waals surface area contributed by atoms with Gasteiger partial charge in [-0.15, -0.1) is 12.4 Å². The third-order valence-corrected chi connectivity index (χ3v) is 8.79. The van der Waals surface area contributed by atoms with Crippen molar-refractivity contribution in [3.8, 4) is 0 Å². The number of carbonyl (C=O) groups excluding carboxylic acids is 2. The Morgan fingerprint density at radius 3 is 2.09 bits per heavy atom. The smallest absolute Gasteiger partial charge is 0.368 e. The van der Waals surface area contributed by atoms with Gasteiger partial charge in [0, 0.05) is 19.1 Å². The zero-order chi connectivity index (χ0) is 31.4. The van der Waals surface area contributed by atoms with Crippen molar-refractivity contribution >= 4 is 24.3 Å². The number of nitrogens with two attached hydrogens (primary N) is 1. The van der Waals surface area contributed by atoms with Gasteiger partial charge in [0.25, 0.3) is 0 Å². The first-order chi connectivity index (χ1) is 19.3. The van der Waals surface area contributed by atoms with Gasteiger partial charge in [0.05, 0.1) is 28.7 Å². The zero-order valence-electron chi connectivity index (χ0n) is 24.0. The number of halogens is 8. The van der Waals surface area contributed by atoms with E-state index >= 15 is 0 Å². The van der Waals surface area contributed by atoms with Crippen LogP contribution in [0.3, 0.4) is 0 Å². The van der Waals surface area contributed by atoms with Crippen molar-refractivity contribution in [2.75, 3.05) is 13.6 Å². The van der Waals surface area contributed by atoms with E-state index in [0.29, 0.717) is 48.9 Å². The van der Waals surface area contributed by atoms with E-state index in [9.17, 15) is 40.3 Å². The summed E-state index contributed by atoms with van der Waals surface area (Å²) in [5.74, 6) is -0.990. The molecule has 4 rings (SSSR count). The highest BCUT2D eigenvalue weighted by Crippen LogP contribution is 2.46. The zero-order valence-corrected chi connectivity index (χ0v) is 24.8.